The molecular formula is C13H17FN2O. The highest BCUT2D eigenvalue weighted by Crippen LogP contribution is 2.35. The summed E-state index contributed by atoms with van der Waals surface area (Å²) in [5, 5.41) is 3.01. The van der Waals surface area contributed by atoms with Gasteiger partial charge in [0.1, 0.15) is 5.82 Å². The molecule has 0 unspecified atom stereocenters. The highest BCUT2D eigenvalue weighted by molar-refractivity contribution is 5.99. The van der Waals surface area contributed by atoms with Gasteiger partial charge in [0.05, 0.1) is 5.56 Å². The Kier molecular flexibility index (Phi) is 3.05. The first-order valence-electron chi connectivity index (χ1n) is 5.94. The molecule has 1 fully saturated rings. The standard InChI is InChI=1S/C13H17FN2O/c1-2-13(6-3-7-13)16-12(17)10-5-4-9(14)8-11(10)15/h4-5,8H,2-3,6-7,15H2,1H3,(H,16,17). The van der Waals surface area contributed by atoms with Crippen molar-refractivity contribution in [3.05, 3.63) is 29.6 Å². The van der Waals surface area contributed by atoms with E-state index < -0.39 is 5.82 Å². The smallest absolute Gasteiger partial charge is 0.253 e. The van der Waals surface area contributed by atoms with Crippen LogP contribution in [-0.4, -0.2) is 11.4 Å². The normalized spacial score (nSPS) is 17.3. The lowest BCUT2D eigenvalue weighted by molar-refractivity contribution is 0.0821. The zero-order valence-electron chi connectivity index (χ0n) is 9.92. The molecule has 1 aromatic rings. The molecule has 1 aromatic carbocycles. The second-order valence-electron chi connectivity index (χ2n) is 4.67. The molecule has 0 saturated heterocycles. The average Bonchev–Trinajstić information content (AvgIpc) is 2.23. The third-order valence-corrected chi connectivity index (χ3v) is 3.62. The molecule has 1 aliphatic rings. The molecule has 92 valence electrons. The van der Waals surface area contributed by atoms with Crippen molar-refractivity contribution < 1.29 is 9.18 Å². The third kappa shape index (κ3) is 2.25. The number of hydrogen-bond acceptors (Lipinski definition) is 2. The first-order chi connectivity index (χ1) is 8.06. The van der Waals surface area contributed by atoms with Crippen molar-refractivity contribution in [2.75, 3.05) is 5.73 Å². The number of carbonyl (C=O) groups is 1. The second kappa shape index (κ2) is 4.35. The summed E-state index contributed by atoms with van der Waals surface area (Å²) < 4.78 is 12.9. The summed E-state index contributed by atoms with van der Waals surface area (Å²) in [6.07, 6.45) is 4.08. The van der Waals surface area contributed by atoms with Crippen molar-refractivity contribution in [1.82, 2.24) is 5.32 Å². The maximum atomic E-state index is 12.9. The number of rotatable bonds is 3. The van der Waals surface area contributed by atoms with Crippen molar-refractivity contribution in [3.8, 4) is 0 Å². The summed E-state index contributed by atoms with van der Waals surface area (Å²) in [7, 11) is 0. The number of hydrogen-bond donors (Lipinski definition) is 2. The van der Waals surface area contributed by atoms with Crippen LogP contribution in [0.1, 0.15) is 43.0 Å². The quantitative estimate of drug-likeness (QED) is 0.792. The molecule has 0 atom stereocenters. The molecule has 3 nitrogen and oxygen atoms in total. The van der Waals surface area contributed by atoms with Crippen LogP contribution in [0.5, 0.6) is 0 Å². The number of benzene rings is 1. The minimum absolute atomic E-state index is 0.0715. The highest BCUT2D eigenvalue weighted by atomic mass is 19.1. The Morgan fingerprint density at radius 3 is 2.71 bits per heavy atom. The van der Waals surface area contributed by atoms with E-state index in [2.05, 4.69) is 12.2 Å². The first-order valence-corrected chi connectivity index (χ1v) is 5.94. The molecule has 0 radical (unpaired) electrons. The molecule has 1 aliphatic carbocycles. The number of amides is 1. The Hall–Kier alpha value is -1.58. The molecular weight excluding hydrogens is 219 g/mol. The van der Waals surface area contributed by atoms with Crippen molar-refractivity contribution in [3.63, 3.8) is 0 Å². The fourth-order valence-electron chi connectivity index (χ4n) is 2.22. The van der Waals surface area contributed by atoms with Crippen LogP contribution in [0.3, 0.4) is 0 Å². The van der Waals surface area contributed by atoms with E-state index in [4.69, 9.17) is 5.73 Å². The molecule has 0 aliphatic heterocycles. The van der Waals surface area contributed by atoms with E-state index in [0.29, 0.717) is 5.56 Å². The first kappa shape index (κ1) is 11.9. The van der Waals surface area contributed by atoms with Gasteiger partial charge in [-0.2, -0.15) is 0 Å². The predicted molar refractivity (Wildman–Crippen MR) is 65.2 cm³/mol. The van der Waals surface area contributed by atoms with Crippen LogP contribution in [0, 0.1) is 5.82 Å². The summed E-state index contributed by atoms with van der Waals surface area (Å²) in [6.45, 7) is 2.06. The van der Waals surface area contributed by atoms with E-state index in [1.165, 1.54) is 18.2 Å². The molecule has 1 amide bonds. The number of nitrogen functional groups attached to an aromatic ring is 1. The van der Waals surface area contributed by atoms with E-state index >= 15 is 0 Å². The number of carbonyl (C=O) groups excluding carboxylic acids is 1. The average molecular weight is 236 g/mol. The zero-order chi connectivity index (χ0) is 12.5. The summed E-state index contributed by atoms with van der Waals surface area (Å²) in [4.78, 5) is 12.0. The minimum atomic E-state index is -0.423. The van der Waals surface area contributed by atoms with Gasteiger partial charge in [0.2, 0.25) is 0 Å². The monoisotopic (exact) mass is 236 g/mol. The van der Waals surface area contributed by atoms with Gasteiger partial charge in [-0.1, -0.05) is 6.92 Å². The Balaban J connectivity index is 2.14. The van der Waals surface area contributed by atoms with Gasteiger partial charge >= 0.3 is 0 Å². The Morgan fingerprint density at radius 2 is 2.24 bits per heavy atom. The summed E-state index contributed by atoms with van der Waals surface area (Å²) in [5.74, 6) is -0.628. The number of nitrogens with two attached hydrogens (primary N) is 1. The van der Waals surface area contributed by atoms with Crippen LogP contribution in [0.2, 0.25) is 0 Å². The number of anilines is 1. The molecule has 2 rings (SSSR count). The van der Waals surface area contributed by atoms with Gasteiger partial charge in [0.25, 0.3) is 5.91 Å². The predicted octanol–water partition coefficient (Wildman–Crippen LogP) is 2.47. The molecule has 0 bridgehead atoms. The van der Waals surface area contributed by atoms with E-state index in [0.717, 1.165) is 25.7 Å². The third-order valence-electron chi connectivity index (χ3n) is 3.62. The molecule has 0 heterocycles. The molecule has 0 aromatic heterocycles. The summed E-state index contributed by atoms with van der Waals surface area (Å²) in [6, 6.07) is 3.86. The SMILES string of the molecule is CCC1(NC(=O)c2ccc(F)cc2N)CCC1. The van der Waals surface area contributed by atoms with Gasteiger partial charge in [0.15, 0.2) is 0 Å². The highest BCUT2D eigenvalue weighted by Gasteiger charge is 2.36. The van der Waals surface area contributed by atoms with Crippen molar-refractivity contribution in [2.45, 2.75) is 38.1 Å². The number of halogens is 1. The van der Waals surface area contributed by atoms with Crippen LogP contribution >= 0.6 is 0 Å². The maximum absolute atomic E-state index is 12.9. The number of nitrogens with one attached hydrogen (secondary N) is 1. The van der Waals surface area contributed by atoms with Gasteiger partial charge in [-0.15, -0.1) is 0 Å². The molecule has 1 saturated carbocycles. The van der Waals surface area contributed by atoms with Crippen molar-refractivity contribution in [1.29, 1.82) is 0 Å². The maximum Gasteiger partial charge on any atom is 0.253 e. The van der Waals surface area contributed by atoms with Crippen LogP contribution in [-0.2, 0) is 0 Å². The summed E-state index contributed by atoms with van der Waals surface area (Å²) in [5.41, 5.74) is 6.11. The van der Waals surface area contributed by atoms with Gasteiger partial charge in [-0.25, -0.2) is 4.39 Å². The molecule has 0 spiro atoms. The fourth-order valence-corrected chi connectivity index (χ4v) is 2.22. The lowest BCUT2D eigenvalue weighted by Gasteiger charge is -2.42. The van der Waals surface area contributed by atoms with E-state index in [-0.39, 0.29) is 17.1 Å². The van der Waals surface area contributed by atoms with E-state index in [1.54, 1.807) is 0 Å². The Bertz CT molecular complexity index is 436. The van der Waals surface area contributed by atoms with Gasteiger partial charge in [-0.3, -0.25) is 4.79 Å². The van der Waals surface area contributed by atoms with Gasteiger partial charge < -0.3 is 11.1 Å². The molecule has 4 heteroatoms. The van der Waals surface area contributed by atoms with Crippen LogP contribution < -0.4 is 11.1 Å². The van der Waals surface area contributed by atoms with Crippen LogP contribution in [0.4, 0.5) is 10.1 Å². The van der Waals surface area contributed by atoms with Crippen molar-refractivity contribution in [2.24, 2.45) is 0 Å². The lowest BCUT2D eigenvalue weighted by Crippen LogP contribution is -2.53. The van der Waals surface area contributed by atoms with Crippen LogP contribution in [0.15, 0.2) is 18.2 Å². The lowest BCUT2D eigenvalue weighted by atomic mass is 9.74. The zero-order valence-corrected chi connectivity index (χ0v) is 9.92. The molecule has 3 N–H and O–H groups in total. The largest absolute Gasteiger partial charge is 0.398 e. The summed E-state index contributed by atoms with van der Waals surface area (Å²) >= 11 is 0. The minimum Gasteiger partial charge on any atom is -0.398 e. The van der Waals surface area contributed by atoms with E-state index in [9.17, 15) is 9.18 Å². The van der Waals surface area contributed by atoms with Gasteiger partial charge in [0, 0.05) is 11.2 Å². The van der Waals surface area contributed by atoms with Crippen molar-refractivity contribution >= 4 is 11.6 Å². The van der Waals surface area contributed by atoms with E-state index in [1.807, 2.05) is 0 Å². The Labute approximate surface area is 100 Å². The fraction of sp³-hybridized carbons (Fsp3) is 0.462. The van der Waals surface area contributed by atoms with Gasteiger partial charge in [-0.05, 0) is 43.9 Å². The Morgan fingerprint density at radius 1 is 1.53 bits per heavy atom. The second-order valence-corrected chi connectivity index (χ2v) is 4.67. The topological polar surface area (TPSA) is 55.1 Å². The molecule has 17 heavy (non-hydrogen) atoms. The van der Waals surface area contributed by atoms with Crippen LogP contribution in [0.25, 0.3) is 0 Å².